The van der Waals surface area contributed by atoms with E-state index in [0.29, 0.717) is 16.8 Å². The first-order chi connectivity index (χ1) is 9.10. The van der Waals surface area contributed by atoms with E-state index in [2.05, 4.69) is 33.8 Å². The molecule has 2 aromatic rings. The molecule has 0 atom stereocenters. The van der Waals surface area contributed by atoms with E-state index < -0.39 is 5.97 Å². The van der Waals surface area contributed by atoms with Gasteiger partial charge in [0, 0.05) is 12.3 Å². The van der Waals surface area contributed by atoms with Crippen LogP contribution in [0.3, 0.4) is 0 Å². The van der Waals surface area contributed by atoms with Gasteiger partial charge in [0.2, 0.25) is 0 Å². The predicted octanol–water partition coefficient (Wildman–Crippen LogP) is 2.45. The molecule has 0 aliphatic carbocycles. The predicted molar refractivity (Wildman–Crippen MR) is 77.7 cm³/mol. The minimum Gasteiger partial charge on any atom is -0.478 e. The van der Waals surface area contributed by atoms with Crippen molar-refractivity contribution in [2.75, 3.05) is 0 Å². The molecular weight excluding hydrogens is 357 g/mol. The standard InChI is InChI=1S/C13H8IN3O2/c14-11-7-16-17(8-11)12-3-1-9(2-4-13(18)19)5-10(12)6-15/h1-5,7-8H,(H,18,19)/b4-2+. The molecule has 1 aromatic carbocycles. The average Bonchev–Trinajstić information content (AvgIpc) is 2.82. The minimum absolute atomic E-state index is 0.437. The zero-order valence-electron chi connectivity index (χ0n) is 9.62. The van der Waals surface area contributed by atoms with Gasteiger partial charge in [-0.05, 0) is 46.4 Å². The van der Waals surface area contributed by atoms with Crippen LogP contribution in [0.15, 0.2) is 36.7 Å². The molecule has 1 heterocycles. The number of nitrogens with zero attached hydrogens (tertiary/aromatic N) is 3. The maximum Gasteiger partial charge on any atom is 0.328 e. The first-order valence-electron chi connectivity index (χ1n) is 5.26. The van der Waals surface area contributed by atoms with E-state index in [9.17, 15) is 4.79 Å². The Balaban J connectivity index is 2.43. The van der Waals surface area contributed by atoms with Gasteiger partial charge in [0.1, 0.15) is 6.07 Å². The molecule has 6 heteroatoms. The fraction of sp³-hybridized carbons (Fsp3) is 0. The Kier molecular flexibility index (Phi) is 3.97. The van der Waals surface area contributed by atoms with Gasteiger partial charge in [-0.25, -0.2) is 9.48 Å². The first-order valence-corrected chi connectivity index (χ1v) is 6.34. The Morgan fingerprint density at radius 2 is 2.32 bits per heavy atom. The second kappa shape index (κ2) is 5.67. The lowest BCUT2D eigenvalue weighted by atomic mass is 10.1. The summed E-state index contributed by atoms with van der Waals surface area (Å²) < 4.78 is 2.58. The lowest BCUT2D eigenvalue weighted by Crippen LogP contribution is -1.98. The Labute approximate surface area is 122 Å². The quantitative estimate of drug-likeness (QED) is 0.670. The number of benzene rings is 1. The number of rotatable bonds is 3. The van der Waals surface area contributed by atoms with Crippen LogP contribution in [0.4, 0.5) is 0 Å². The molecule has 0 saturated carbocycles. The van der Waals surface area contributed by atoms with Crippen LogP contribution in [0.2, 0.25) is 0 Å². The van der Waals surface area contributed by atoms with E-state index in [4.69, 9.17) is 10.4 Å². The molecule has 1 N–H and O–H groups in total. The van der Waals surface area contributed by atoms with Crippen molar-refractivity contribution in [2.45, 2.75) is 0 Å². The molecule has 5 nitrogen and oxygen atoms in total. The summed E-state index contributed by atoms with van der Waals surface area (Å²) in [5, 5.41) is 21.9. The molecule has 2 rings (SSSR count). The normalized spacial score (nSPS) is 10.5. The fourth-order valence-corrected chi connectivity index (χ4v) is 1.94. The summed E-state index contributed by atoms with van der Waals surface area (Å²) >= 11 is 2.14. The smallest absolute Gasteiger partial charge is 0.328 e. The second-order valence-electron chi connectivity index (χ2n) is 3.66. The van der Waals surface area contributed by atoms with E-state index in [1.807, 2.05) is 6.20 Å². The number of nitriles is 1. The molecular formula is C13H8IN3O2. The molecule has 94 valence electrons. The van der Waals surface area contributed by atoms with Crippen molar-refractivity contribution in [1.82, 2.24) is 9.78 Å². The molecule has 0 aliphatic heterocycles. The maximum absolute atomic E-state index is 10.5. The highest BCUT2D eigenvalue weighted by Crippen LogP contribution is 2.17. The highest BCUT2D eigenvalue weighted by atomic mass is 127. The topological polar surface area (TPSA) is 78.9 Å². The maximum atomic E-state index is 10.5. The van der Waals surface area contributed by atoms with Crippen LogP contribution in [-0.4, -0.2) is 20.9 Å². The zero-order valence-corrected chi connectivity index (χ0v) is 11.8. The Morgan fingerprint density at radius 3 is 2.89 bits per heavy atom. The first kappa shape index (κ1) is 13.3. The molecule has 0 saturated heterocycles. The number of carboxylic acids is 1. The number of aromatic nitrogens is 2. The molecule has 0 amide bonds. The Hall–Kier alpha value is -2.14. The van der Waals surface area contributed by atoms with Crippen molar-refractivity contribution in [3.8, 4) is 11.8 Å². The van der Waals surface area contributed by atoms with E-state index >= 15 is 0 Å². The van der Waals surface area contributed by atoms with Crippen LogP contribution in [0, 0.1) is 14.9 Å². The van der Waals surface area contributed by atoms with Crippen molar-refractivity contribution >= 4 is 34.6 Å². The van der Waals surface area contributed by atoms with Crippen LogP contribution in [-0.2, 0) is 4.79 Å². The van der Waals surface area contributed by atoms with Crippen molar-refractivity contribution in [3.63, 3.8) is 0 Å². The van der Waals surface area contributed by atoms with Gasteiger partial charge >= 0.3 is 5.97 Å². The van der Waals surface area contributed by atoms with Gasteiger partial charge in [0.25, 0.3) is 0 Å². The fourth-order valence-electron chi connectivity index (χ4n) is 1.55. The lowest BCUT2D eigenvalue weighted by molar-refractivity contribution is -0.131. The summed E-state index contributed by atoms with van der Waals surface area (Å²) in [6.07, 6.45) is 5.98. The van der Waals surface area contributed by atoms with Crippen molar-refractivity contribution in [3.05, 3.63) is 51.4 Å². The largest absolute Gasteiger partial charge is 0.478 e. The van der Waals surface area contributed by atoms with E-state index in [1.165, 1.54) is 6.08 Å². The summed E-state index contributed by atoms with van der Waals surface area (Å²) in [5.74, 6) is -1.02. The lowest BCUT2D eigenvalue weighted by Gasteiger charge is -2.04. The van der Waals surface area contributed by atoms with Crippen LogP contribution in [0.5, 0.6) is 0 Å². The summed E-state index contributed by atoms with van der Waals surface area (Å²) in [6.45, 7) is 0. The summed E-state index contributed by atoms with van der Waals surface area (Å²) in [7, 11) is 0. The number of hydrogen-bond donors (Lipinski definition) is 1. The molecule has 0 unspecified atom stereocenters. The number of carbonyl (C=O) groups is 1. The number of carboxylic acid groups (broad SMARTS) is 1. The van der Waals surface area contributed by atoms with Gasteiger partial charge in [-0.15, -0.1) is 0 Å². The Bertz CT molecular complexity index is 698. The van der Waals surface area contributed by atoms with E-state index in [0.717, 1.165) is 9.65 Å². The number of hydrogen-bond acceptors (Lipinski definition) is 3. The monoisotopic (exact) mass is 365 g/mol. The van der Waals surface area contributed by atoms with Gasteiger partial charge in [0.05, 0.1) is 21.0 Å². The van der Waals surface area contributed by atoms with Gasteiger partial charge in [-0.3, -0.25) is 0 Å². The zero-order chi connectivity index (χ0) is 13.8. The van der Waals surface area contributed by atoms with Crippen LogP contribution in [0.25, 0.3) is 11.8 Å². The minimum atomic E-state index is -1.02. The van der Waals surface area contributed by atoms with Crippen LogP contribution in [0.1, 0.15) is 11.1 Å². The van der Waals surface area contributed by atoms with Crippen LogP contribution < -0.4 is 0 Å². The second-order valence-corrected chi connectivity index (χ2v) is 4.91. The molecule has 0 radical (unpaired) electrons. The Morgan fingerprint density at radius 1 is 1.53 bits per heavy atom. The van der Waals surface area contributed by atoms with Crippen molar-refractivity contribution in [2.24, 2.45) is 0 Å². The van der Waals surface area contributed by atoms with Gasteiger partial charge in [0.15, 0.2) is 0 Å². The van der Waals surface area contributed by atoms with Gasteiger partial charge < -0.3 is 5.11 Å². The average molecular weight is 365 g/mol. The summed E-state index contributed by atoms with van der Waals surface area (Å²) in [6, 6.07) is 7.19. The SMILES string of the molecule is N#Cc1cc(/C=C/C(=O)O)ccc1-n1cc(I)cn1. The summed E-state index contributed by atoms with van der Waals surface area (Å²) in [4.78, 5) is 10.5. The third-order valence-electron chi connectivity index (χ3n) is 2.36. The number of aliphatic carboxylic acids is 1. The van der Waals surface area contributed by atoms with Crippen molar-refractivity contribution in [1.29, 1.82) is 5.26 Å². The molecule has 0 bridgehead atoms. The van der Waals surface area contributed by atoms with Crippen molar-refractivity contribution < 1.29 is 9.90 Å². The van der Waals surface area contributed by atoms with Gasteiger partial charge in [-0.1, -0.05) is 6.07 Å². The molecule has 0 spiro atoms. The molecule has 19 heavy (non-hydrogen) atoms. The highest BCUT2D eigenvalue weighted by molar-refractivity contribution is 14.1. The van der Waals surface area contributed by atoms with E-state index in [1.54, 1.807) is 29.1 Å². The summed E-state index contributed by atoms with van der Waals surface area (Å²) in [5.41, 5.74) is 1.76. The van der Waals surface area contributed by atoms with Gasteiger partial charge in [-0.2, -0.15) is 10.4 Å². The number of halogens is 1. The third kappa shape index (κ3) is 3.20. The molecule has 0 fully saturated rings. The molecule has 0 aliphatic rings. The third-order valence-corrected chi connectivity index (χ3v) is 2.91. The highest BCUT2D eigenvalue weighted by Gasteiger charge is 2.06. The molecule has 1 aromatic heterocycles. The van der Waals surface area contributed by atoms with Crippen LogP contribution >= 0.6 is 22.6 Å². The van der Waals surface area contributed by atoms with E-state index in [-0.39, 0.29) is 0 Å².